The molecular formula is C12H25N3O2. The van der Waals surface area contributed by atoms with Crippen LogP contribution in [0, 0.1) is 0 Å². The van der Waals surface area contributed by atoms with E-state index in [0.717, 1.165) is 39.2 Å². The maximum atomic E-state index is 11.5. The lowest BCUT2D eigenvalue weighted by molar-refractivity contribution is -0.122. The maximum Gasteiger partial charge on any atom is 0.220 e. The first kappa shape index (κ1) is 14.4. The van der Waals surface area contributed by atoms with Gasteiger partial charge in [0, 0.05) is 26.1 Å². The third-order valence-electron chi connectivity index (χ3n) is 3.03. The number of carbonyl (C=O) groups excluding carboxylic acids is 1. The molecule has 0 spiro atoms. The molecule has 1 aliphatic rings. The van der Waals surface area contributed by atoms with E-state index in [2.05, 4.69) is 22.5 Å². The highest BCUT2D eigenvalue weighted by atomic mass is 16.5. The lowest BCUT2D eigenvalue weighted by atomic mass is 10.2. The zero-order valence-electron chi connectivity index (χ0n) is 11.0. The van der Waals surface area contributed by atoms with Gasteiger partial charge in [0.05, 0.1) is 12.7 Å². The Morgan fingerprint density at radius 1 is 1.53 bits per heavy atom. The van der Waals surface area contributed by atoms with Gasteiger partial charge in [0.25, 0.3) is 0 Å². The number of nitrogens with one attached hydrogen (secondary N) is 2. The molecule has 1 amide bonds. The second kappa shape index (κ2) is 8.44. The molecule has 0 aromatic carbocycles. The number of amides is 1. The fraction of sp³-hybridized carbons (Fsp3) is 0.917. The molecule has 1 rings (SSSR count). The topological polar surface area (TPSA) is 53.6 Å². The van der Waals surface area contributed by atoms with Crippen LogP contribution < -0.4 is 10.6 Å². The normalized spacial score (nSPS) is 21.4. The van der Waals surface area contributed by atoms with Gasteiger partial charge in [-0.1, -0.05) is 6.92 Å². The smallest absolute Gasteiger partial charge is 0.220 e. The van der Waals surface area contributed by atoms with E-state index in [1.807, 2.05) is 7.05 Å². The highest BCUT2D eigenvalue weighted by molar-refractivity contribution is 5.75. The summed E-state index contributed by atoms with van der Waals surface area (Å²) in [7, 11) is 1.90. The van der Waals surface area contributed by atoms with Crippen molar-refractivity contribution in [1.29, 1.82) is 0 Å². The maximum absolute atomic E-state index is 11.5. The molecule has 0 saturated carbocycles. The van der Waals surface area contributed by atoms with Crippen LogP contribution in [0.4, 0.5) is 0 Å². The molecule has 0 radical (unpaired) electrons. The van der Waals surface area contributed by atoms with Gasteiger partial charge < -0.3 is 15.4 Å². The van der Waals surface area contributed by atoms with Crippen molar-refractivity contribution in [1.82, 2.24) is 15.5 Å². The summed E-state index contributed by atoms with van der Waals surface area (Å²) in [5.74, 6) is 0.123. The quantitative estimate of drug-likeness (QED) is 0.609. The summed E-state index contributed by atoms with van der Waals surface area (Å²) in [6.07, 6.45) is 1.62. The molecule has 1 aliphatic heterocycles. The molecule has 5 heteroatoms. The lowest BCUT2D eigenvalue weighted by Crippen LogP contribution is -2.47. The summed E-state index contributed by atoms with van der Waals surface area (Å²) >= 11 is 0. The van der Waals surface area contributed by atoms with E-state index in [4.69, 9.17) is 4.74 Å². The molecule has 1 atom stereocenters. The molecule has 1 saturated heterocycles. The first-order valence-corrected chi connectivity index (χ1v) is 6.51. The van der Waals surface area contributed by atoms with Crippen molar-refractivity contribution in [2.45, 2.75) is 25.9 Å². The number of nitrogens with zero attached hydrogens (tertiary/aromatic N) is 1. The van der Waals surface area contributed by atoms with Crippen molar-refractivity contribution < 1.29 is 9.53 Å². The van der Waals surface area contributed by atoms with Crippen LogP contribution in [0.1, 0.15) is 19.8 Å². The molecule has 5 nitrogen and oxygen atoms in total. The number of morpholine rings is 1. The summed E-state index contributed by atoms with van der Waals surface area (Å²) in [6, 6.07) is 0. The average molecular weight is 243 g/mol. The summed E-state index contributed by atoms with van der Waals surface area (Å²) < 4.78 is 5.62. The molecule has 1 heterocycles. The van der Waals surface area contributed by atoms with Crippen LogP contribution in [0.15, 0.2) is 0 Å². The number of carbonyl (C=O) groups is 1. The van der Waals surface area contributed by atoms with Gasteiger partial charge in [0.15, 0.2) is 0 Å². The van der Waals surface area contributed by atoms with Crippen molar-refractivity contribution in [3.63, 3.8) is 0 Å². The fourth-order valence-electron chi connectivity index (χ4n) is 1.93. The Bertz CT molecular complexity index is 224. The van der Waals surface area contributed by atoms with Crippen LogP contribution in [0.25, 0.3) is 0 Å². The highest BCUT2D eigenvalue weighted by Crippen LogP contribution is 2.03. The first-order valence-electron chi connectivity index (χ1n) is 6.51. The molecule has 0 aromatic rings. The van der Waals surface area contributed by atoms with Crippen molar-refractivity contribution in [2.24, 2.45) is 0 Å². The third kappa shape index (κ3) is 6.00. The molecule has 100 valence electrons. The zero-order valence-corrected chi connectivity index (χ0v) is 11.0. The van der Waals surface area contributed by atoms with Gasteiger partial charge in [0.1, 0.15) is 0 Å². The van der Waals surface area contributed by atoms with E-state index in [1.54, 1.807) is 0 Å². The van der Waals surface area contributed by atoms with Gasteiger partial charge in [0.2, 0.25) is 5.91 Å². The average Bonchev–Trinajstić information content (AvgIpc) is 2.37. The number of hydrogen-bond donors (Lipinski definition) is 2. The molecule has 0 aromatic heterocycles. The number of rotatable bonds is 7. The zero-order chi connectivity index (χ0) is 12.5. The van der Waals surface area contributed by atoms with Crippen LogP contribution in [0.2, 0.25) is 0 Å². The Hall–Kier alpha value is -0.650. The van der Waals surface area contributed by atoms with Crippen LogP contribution in [-0.4, -0.2) is 63.3 Å². The van der Waals surface area contributed by atoms with E-state index >= 15 is 0 Å². The van der Waals surface area contributed by atoms with Crippen LogP contribution in [0.3, 0.4) is 0 Å². The summed E-state index contributed by atoms with van der Waals surface area (Å²) in [6.45, 7) is 7.42. The second-order valence-electron chi connectivity index (χ2n) is 4.40. The van der Waals surface area contributed by atoms with Crippen molar-refractivity contribution in [3.05, 3.63) is 0 Å². The van der Waals surface area contributed by atoms with Gasteiger partial charge >= 0.3 is 0 Å². The monoisotopic (exact) mass is 243 g/mol. The Morgan fingerprint density at radius 3 is 3.06 bits per heavy atom. The Labute approximate surface area is 104 Å². The fourth-order valence-corrected chi connectivity index (χ4v) is 1.93. The van der Waals surface area contributed by atoms with E-state index in [1.165, 1.54) is 0 Å². The third-order valence-corrected chi connectivity index (χ3v) is 3.03. The minimum absolute atomic E-state index is 0.123. The Morgan fingerprint density at radius 2 is 2.35 bits per heavy atom. The Balaban J connectivity index is 2.10. The van der Waals surface area contributed by atoms with E-state index in [-0.39, 0.29) is 12.0 Å². The van der Waals surface area contributed by atoms with E-state index < -0.39 is 0 Å². The SMILES string of the molecule is CCN1CCOC(CNC(=O)CCCNC)C1. The molecule has 0 bridgehead atoms. The molecular weight excluding hydrogens is 218 g/mol. The molecule has 1 unspecified atom stereocenters. The standard InChI is InChI=1S/C12H25N3O2/c1-3-15-7-8-17-11(10-15)9-14-12(16)5-4-6-13-2/h11,13H,3-10H2,1-2H3,(H,14,16). The van der Waals surface area contributed by atoms with E-state index in [9.17, 15) is 4.79 Å². The van der Waals surface area contributed by atoms with E-state index in [0.29, 0.717) is 13.0 Å². The largest absolute Gasteiger partial charge is 0.374 e. The number of likely N-dealkylation sites (N-methyl/N-ethyl adjacent to an activating group) is 1. The van der Waals surface area contributed by atoms with Gasteiger partial charge in [-0.2, -0.15) is 0 Å². The minimum atomic E-state index is 0.123. The molecule has 0 aliphatic carbocycles. The van der Waals surface area contributed by atoms with Crippen LogP contribution >= 0.6 is 0 Å². The predicted octanol–water partition coefficient (Wildman–Crippen LogP) is -0.177. The Kier molecular flexibility index (Phi) is 7.16. The van der Waals surface area contributed by atoms with Gasteiger partial charge in [-0.3, -0.25) is 9.69 Å². The highest BCUT2D eigenvalue weighted by Gasteiger charge is 2.19. The van der Waals surface area contributed by atoms with Crippen LogP contribution in [0.5, 0.6) is 0 Å². The summed E-state index contributed by atoms with van der Waals surface area (Å²) in [5.41, 5.74) is 0. The minimum Gasteiger partial charge on any atom is -0.374 e. The lowest BCUT2D eigenvalue weighted by Gasteiger charge is -2.32. The predicted molar refractivity (Wildman–Crippen MR) is 68.0 cm³/mol. The van der Waals surface area contributed by atoms with Crippen LogP contribution in [-0.2, 0) is 9.53 Å². The van der Waals surface area contributed by atoms with Gasteiger partial charge in [-0.05, 0) is 26.6 Å². The summed E-state index contributed by atoms with van der Waals surface area (Å²) in [4.78, 5) is 13.9. The van der Waals surface area contributed by atoms with Crippen molar-refractivity contribution in [3.8, 4) is 0 Å². The first-order chi connectivity index (χ1) is 8.26. The number of ether oxygens (including phenoxy) is 1. The van der Waals surface area contributed by atoms with Gasteiger partial charge in [-0.25, -0.2) is 0 Å². The molecule has 17 heavy (non-hydrogen) atoms. The summed E-state index contributed by atoms with van der Waals surface area (Å²) in [5, 5.41) is 5.97. The van der Waals surface area contributed by atoms with Gasteiger partial charge in [-0.15, -0.1) is 0 Å². The molecule has 1 fully saturated rings. The number of hydrogen-bond acceptors (Lipinski definition) is 4. The second-order valence-corrected chi connectivity index (χ2v) is 4.40. The van der Waals surface area contributed by atoms with Crippen molar-refractivity contribution in [2.75, 3.05) is 46.4 Å². The molecule has 2 N–H and O–H groups in total. The van der Waals surface area contributed by atoms with Crippen molar-refractivity contribution >= 4 is 5.91 Å².